The van der Waals surface area contributed by atoms with Gasteiger partial charge in [-0.05, 0) is 12.1 Å². The lowest BCUT2D eigenvalue weighted by Crippen LogP contribution is -2.32. The maximum absolute atomic E-state index is 9.04. The average Bonchev–Trinajstić information content (AvgIpc) is 2.16. The third-order valence-electron chi connectivity index (χ3n) is 1.72. The molecule has 70 valence electrons. The molecule has 2 N–H and O–H groups in total. The van der Waals surface area contributed by atoms with Crippen LogP contribution < -0.4 is 14.9 Å². The molecule has 0 bridgehead atoms. The van der Waals surface area contributed by atoms with E-state index in [0.29, 0.717) is 11.5 Å². The van der Waals surface area contributed by atoms with Gasteiger partial charge in [0.1, 0.15) is 11.5 Å². The maximum Gasteiger partial charge on any atom is 0.496 e. The first-order chi connectivity index (χ1) is 6.20. The molecule has 13 heavy (non-hydrogen) atoms. The third kappa shape index (κ3) is 1.94. The van der Waals surface area contributed by atoms with Crippen molar-refractivity contribution in [1.82, 2.24) is 0 Å². The second-order valence-corrected chi connectivity index (χ2v) is 2.45. The van der Waals surface area contributed by atoms with Gasteiger partial charge < -0.3 is 19.5 Å². The van der Waals surface area contributed by atoms with Crippen LogP contribution in [0.1, 0.15) is 0 Å². The van der Waals surface area contributed by atoms with Gasteiger partial charge in [-0.2, -0.15) is 0 Å². The van der Waals surface area contributed by atoms with E-state index in [1.807, 2.05) is 0 Å². The van der Waals surface area contributed by atoms with Crippen LogP contribution in [0.5, 0.6) is 11.5 Å². The molecule has 0 spiro atoms. The first-order valence-electron chi connectivity index (χ1n) is 3.77. The van der Waals surface area contributed by atoms with Gasteiger partial charge in [0.05, 0.1) is 19.7 Å². The van der Waals surface area contributed by atoms with Crippen LogP contribution in [0.3, 0.4) is 0 Å². The minimum absolute atomic E-state index is 0.243. The van der Waals surface area contributed by atoms with Crippen LogP contribution in [-0.4, -0.2) is 31.4 Å². The molecule has 1 rings (SSSR count). The molecule has 0 saturated carbocycles. The molecule has 0 radical (unpaired) electrons. The molecule has 0 aliphatic carbocycles. The Morgan fingerprint density at radius 2 is 1.54 bits per heavy atom. The van der Waals surface area contributed by atoms with E-state index >= 15 is 0 Å². The normalized spacial score (nSPS) is 9.54. The average molecular weight is 182 g/mol. The van der Waals surface area contributed by atoms with Crippen molar-refractivity contribution in [3.63, 3.8) is 0 Å². The summed E-state index contributed by atoms with van der Waals surface area (Å²) in [6, 6.07) is 4.98. The van der Waals surface area contributed by atoms with Gasteiger partial charge in [0.15, 0.2) is 0 Å². The van der Waals surface area contributed by atoms with Crippen LogP contribution in [0.15, 0.2) is 18.2 Å². The monoisotopic (exact) mass is 182 g/mol. The Morgan fingerprint density at radius 1 is 1.08 bits per heavy atom. The van der Waals surface area contributed by atoms with Crippen molar-refractivity contribution in [1.29, 1.82) is 0 Å². The Labute approximate surface area is 76.9 Å². The molecule has 0 heterocycles. The molecular formula is C8H11BO4. The summed E-state index contributed by atoms with van der Waals surface area (Å²) < 4.78 is 9.90. The summed E-state index contributed by atoms with van der Waals surface area (Å²) in [5, 5.41) is 18.1. The molecular weight excluding hydrogens is 171 g/mol. The molecule has 0 amide bonds. The minimum Gasteiger partial charge on any atom is -0.497 e. The quantitative estimate of drug-likeness (QED) is 0.611. The van der Waals surface area contributed by atoms with E-state index in [9.17, 15) is 0 Å². The van der Waals surface area contributed by atoms with Crippen molar-refractivity contribution >= 4 is 12.6 Å². The summed E-state index contributed by atoms with van der Waals surface area (Å²) in [7, 11) is 1.33. The van der Waals surface area contributed by atoms with Crippen molar-refractivity contribution < 1.29 is 19.5 Å². The predicted octanol–water partition coefficient (Wildman–Crippen LogP) is -0.616. The minimum atomic E-state index is -1.59. The van der Waals surface area contributed by atoms with Gasteiger partial charge in [-0.1, -0.05) is 6.07 Å². The molecule has 0 atom stereocenters. The van der Waals surface area contributed by atoms with Crippen molar-refractivity contribution in [2.75, 3.05) is 14.2 Å². The Kier molecular flexibility index (Phi) is 3.16. The summed E-state index contributed by atoms with van der Waals surface area (Å²) in [5.74, 6) is 0.795. The van der Waals surface area contributed by atoms with Crippen molar-refractivity contribution in [2.45, 2.75) is 0 Å². The summed E-state index contributed by atoms with van der Waals surface area (Å²) in [6.45, 7) is 0. The zero-order valence-corrected chi connectivity index (χ0v) is 7.52. The lowest BCUT2D eigenvalue weighted by atomic mass is 9.78. The smallest absolute Gasteiger partial charge is 0.496 e. The van der Waals surface area contributed by atoms with Gasteiger partial charge in [0.25, 0.3) is 0 Å². The van der Waals surface area contributed by atoms with Gasteiger partial charge >= 0.3 is 7.12 Å². The van der Waals surface area contributed by atoms with Crippen LogP contribution in [0, 0.1) is 0 Å². The highest BCUT2D eigenvalue weighted by atomic mass is 16.5. The van der Waals surface area contributed by atoms with Crippen LogP contribution in [0.4, 0.5) is 0 Å². The van der Waals surface area contributed by atoms with Crippen LogP contribution >= 0.6 is 0 Å². The molecule has 0 aliphatic rings. The van der Waals surface area contributed by atoms with Gasteiger partial charge in [-0.3, -0.25) is 0 Å². The van der Waals surface area contributed by atoms with Crippen molar-refractivity contribution in [2.24, 2.45) is 0 Å². The Bertz CT molecular complexity index is 265. The highest BCUT2D eigenvalue weighted by Crippen LogP contribution is 2.16. The summed E-state index contributed by atoms with van der Waals surface area (Å²) in [6.07, 6.45) is 0. The van der Waals surface area contributed by atoms with E-state index in [4.69, 9.17) is 19.5 Å². The summed E-state index contributed by atoms with van der Waals surface area (Å²) in [5.41, 5.74) is 0.243. The number of methoxy groups -OCH3 is 2. The van der Waals surface area contributed by atoms with Gasteiger partial charge in [-0.15, -0.1) is 0 Å². The zero-order chi connectivity index (χ0) is 9.84. The standard InChI is InChI=1S/C8H11BO4/c1-12-6-4-3-5-7(13-2)8(6)9(10)11/h3-5,10-11H,1-2H3. The lowest BCUT2D eigenvalue weighted by Gasteiger charge is -2.11. The van der Waals surface area contributed by atoms with Gasteiger partial charge in [0.2, 0.25) is 0 Å². The van der Waals surface area contributed by atoms with E-state index < -0.39 is 7.12 Å². The lowest BCUT2D eigenvalue weighted by molar-refractivity contribution is 0.385. The first-order valence-corrected chi connectivity index (χ1v) is 3.77. The van der Waals surface area contributed by atoms with Crippen LogP contribution in [-0.2, 0) is 0 Å². The van der Waals surface area contributed by atoms with Crippen LogP contribution in [0.2, 0.25) is 0 Å². The molecule has 0 saturated heterocycles. The second kappa shape index (κ2) is 4.16. The topological polar surface area (TPSA) is 58.9 Å². The number of hydrogen-bond acceptors (Lipinski definition) is 4. The van der Waals surface area contributed by atoms with E-state index in [2.05, 4.69) is 0 Å². The van der Waals surface area contributed by atoms with Gasteiger partial charge in [0, 0.05) is 0 Å². The Balaban J connectivity index is 3.21. The molecule has 0 aliphatic heterocycles. The van der Waals surface area contributed by atoms with Crippen molar-refractivity contribution in [3.05, 3.63) is 18.2 Å². The molecule has 1 aromatic rings. The summed E-state index contributed by atoms with van der Waals surface area (Å²) >= 11 is 0. The number of hydrogen-bond donors (Lipinski definition) is 2. The third-order valence-corrected chi connectivity index (χ3v) is 1.72. The Hall–Kier alpha value is -1.20. The van der Waals surface area contributed by atoms with E-state index in [-0.39, 0.29) is 5.46 Å². The fraction of sp³-hybridized carbons (Fsp3) is 0.250. The molecule has 0 aromatic heterocycles. The molecule has 0 unspecified atom stereocenters. The SMILES string of the molecule is COc1cccc(OC)c1B(O)O. The Morgan fingerprint density at radius 3 is 1.85 bits per heavy atom. The predicted molar refractivity (Wildman–Crippen MR) is 49.4 cm³/mol. The highest BCUT2D eigenvalue weighted by molar-refractivity contribution is 6.60. The summed E-state index contributed by atoms with van der Waals surface area (Å²) in [4.78, 5) is 0. The molecule has 0 fully saturated rings. The largest absolute Gasteiger partial charge is 0.497 e. The molecule has 1 aromatic carbocycles. The molecule has 4 nitrogen and oxygen atoms in total. The van der Waals surface area contributed by atoms with E-state index in [0.717, 1.165) is 0 Å². The maximum atomic E-state index is 9.04. The molecule has 5 heteroatoms. The number of rotatable bonds is 3. The number of ether oxygens (including phenoxy) is 2. The fourth-order valence-corrected chi connectivity index (χ4v) is 1.13. The second-order valence-electron chi connectivity index (χ2n) is 2.45. The van der Waals surface area contributed by atoms with Crippen LogP contribution in [0.25, 0.3) is 0 Å². The van der Waals surface area contributed by atoms with Gasteiger partial charge in [-0.25, -0.2) is 0 Å². The fourth-order valence-electron chi connectivity index (χ4n) is 1.13. The first kappa shape index (κ1) is 9.89. The number of benzene rings is 1. The van der Waals surface area contributed by atoms with E-state index in [1.165, 1.54) is 14.2 Å². The van der Waals surface area contributed by atoms with Crippen molar-refractivity contribution in [3.8, 4) is 11.5 Å². The zero-order valence-electron chi connectivity index (χ0n) is 7.52. The van der Waals surface area contributed by atoms with E-state index in [1.54, 1.807) is 18.2 Å². The highest BCUT2D eigenvalue weighted by Gasteiger charge is 2.21.